The Balaban J connectivity index is 2.61. The molecule has 0 N–H and O–H groups in total. The van der Waals surface area contributed by atoms with Gasteiger partial charge in [0.25, 0.3) is 0 Å². The average Bonchev–Trinajstić information content (AvgIpc) is 2.29. The lowest BCUT2D eigenvalue weighted by Crippen LogP contribution is -2.38. The van der Waals surface area contributed by atoms with E-state index in [2.05, 4.69) is 33.8 Å². The average molecular weight is 237 g/mol. The number of nitriles is 1. The predicted octanol–water partition coefficient (Wildman–Crippen LogP) is 4.30. The third kappa shape index (κ3) is 4.32. The first-order valence-corrected chi connectivity index (χ1v) is 7.09. The SMILES string of the molecule is CCCC1CCC(C#N)C(OC(C)(C)CC)C1. The van der Waals surface area contributed by atoms with Crippen LogP contribution in [-0.2, 0) is 4.74 Å². The third-order valence-corrected chi connectivity index (χ3v) is 4.08. The maximum Gasteiger partial charge on any atom is 0.0743 e. The van der Waals surface area contributed by atoms with Gasteiger partial charge in [-0.1, -0.05) is 26.7 Å². The van der Waals surface area contributed by atoms with Crippen molar-refractivity contribution in [3.05, 3.63) is 0 Å². The largest absolute Gasteiger partial charge is 0.371 e. The molecule has 0 heterocycles. The van der Waals surface area contributed by atoms with Crippen molar-refractivity contribution in [3.63, 3.8) is 0 Å². The lowest BCUT2D eigenvalue weighted by Gasteiger charge is -2.38. The van der Waals surface area contributed by atoms with E-state index in [4.69, 9.17) is 4.74 Å². The minimum atomic E-state index is -0.0894. The zero-order valence-electron chi connectivity index (χ0n) is 11.8. The van der Waals surface area contributed by atoms with Crippen LogP contribution in [0.25, 0.3) is 0 Å². The van der Waals surface area contributed by atoms with Crippen molar-refractivity contribution in [2.24, 2.45) is 11.8 Å². The fraction of sp³-hybridized carbons (Fsp3) is 0.933. The fourth-order valence-corrected chi connectivity index (χ4v) is 2.65. The van der Waals surface area contributed by atoms with Gasteiger partial charge in [-0.15, -0.1) is 0 Å². The highest BCUT2D eigenvalue weighted by Crippen LogP contribution is 2.35. The van der Waals surface area contributed by atoms with Crippen molar-refractivity contribution in [2.45, 2.75) is 77.9 Å². The second kappa shape index (κ2) is 6.40. The summed E-state index contributed by atoms with van der Waals surface area (Å²) in [6, 6.07) is 2.44. The second-order valence-electron chi connectivity index (χ2n) is 5.97. The summed E-state index contributed by atoms with van der Waals surface area (Å²) in [5, 5.41) is 9.22. The summed E-state index contributed by atoms with van der Waals surface area (Å²) in [7, 11) is 0. The van der Waals surface area contributed by atoms with Crippen molar-refractivity contribution in [3.8, 4) is 6.07 Å². The summed E-state index contributed by atoms with van der Waals surface area (Å²) in [5.41, 5.74) is -0.0894. The van der Waals surface area contributed by atoms with E-state index in [1.807, 2.05) is 0 Å². The first-order valence-electron chi connectivity index (χ1n) is 7.09. The minimum absolute atomic E-state index is 0.0894. The molecule has 3 unspecified atom stereocenters. The van der Waals surface area contributed by atoms with Crippen LogP contribution in [0, 0.1) is 23.2 Å². The van der Waals surface area contributed by atoms with Gasteiger partial charge in [0.1, 0.15) is 0 Å². The molecular weight excluding hydrogens is 210 g/mol. The molecule has 2 heteroatoms. The molecule has 0 aromatic carbocycles. The van der Waals surface area contributed by atoms with Crippen LogP contribution in [-0.4, -0.2) is 11.7 Å². The van der Waals surface area contributed by atoms with Crippen LogP contribution in [0.4, 0.5) is 0 Å². The van der Waals surface area contributed by atoms with Crippen LogP contribution in [0.1, 0.15) is 66.2 Å². The molecule has 0 saturated heterocycles. The van der Waals surface area contributed by atoms with Crippen molar-refractivity contribution in [1.82, 2.24) is 0 Å². The van der Waals surface area contributed by atoms with Gasteiger partial charge in [-0.2, -0.15) is 5.26 Å². The molecule has 0 amide bonds. The van der Waals surface area contributed by atoms with Crippen LogP contribution in [0.15, 0.2) is 0 Å². The maximum absolute atomic E-state index is 9.22. The van der Waals surface area contributed by atoms with E-state index in [0.29, 0.717) is 0 Å². The lowest BCUT2D eigenvalue weighted by molar-refractivity contribution is -0.108. The van der Waals surface area contributed by atoms with Gasteiger partial charge < -0.3 is 4.74 Å². The van der Waals surface area contributed by atoms with Crippen molar-refractivity contribution >= 4 is 0 Å². The minimum Gasteiger partial charge on any atom is -0.371 e. The zero-order valence-corrected chi connectivity index (χ0v) is 11.8. The van der Waals surface area contributed by atoms with E-state index in [1.165, 1.54) is 19.3 Å². The molecule has 0 aromatic heterocycles. The molecule has 17 heavy (non-hydrogen) atoms. The molecule has 3 atom stereocenters. The molecule has 0 radical (unpaired) electrons. The molecule has 1 fully saturated rings. The highest BCUT2D eigenvalue weighted by molar-refractivity contribution is 4.94. The zero-order chi connectivity index (χ0) is 12.9. The van der Waals surface area contributed by atoms with E-state index in [9.17, 15) is 5.26 Å². The Hall–Kier alpha value is -0.550. The summed E-state index contributed by atoms with van der Waals surface area (Å²) < 4.78 is 6.19. The number of ether oxygens (including phenoxy) is 1. The molecule has 0 aromatic rings. The summed E-state index contributed by atoms with van der Waals surface area (Å²) in [6.45, 7) is 8.64. The van der Waals surface area contributed by atoms with E-state index in [0.717, 1.165) is 25.2 Å². The number of rotatable bonds is 5. The van der Waals surface area contributed by atoms with Gasteiger partial charge in [0.15, 0.2) is 0 Å². The van der Waals surface area contributed by atoms with Crippen molar-refractivity contribution in [2.75, 3.05) is 0 Å². The van der Waals surface area contributed by atoms with E-state index in [-0.39, 0.29) is 17.6 Å². The Kier molecular flexibility index (Phi) is 5.46. The molecule has 98 valence electrons. The van der Waals surface area contributed by atoms with Crippen LogP contribution < -0.4 is 0 Å². The monoisotopic (exact) mass is 237 g/mol. The predicted molar refractivity (Wildman–Crippen MR) is 70.6 cm³/mol. The number of nitrogens with zero attached hydrogens (tertiary/aromatic N) is 1. The molecule has 0 bridgehead atoms. The molecule has 1 aliphatic rings. The number of hydrogen-bond acceptors (Lipinski definition) is 2. The molecular formula is C15H27NO. The van der Waals surface area contributed by atoms with Gasteiger partial charge in [0.05, 0.1) is 23.7 Å². The quantitative estimate of drug-likeness (QED) is 0.714. The van der Waals surface area contributed by atoms with Crippen LogP contribution >= 0.6 is 0 Å². The summed E-state index contributed by atoms with van der Waals surface area (Å²) >= 11 is 0. The lowest BCUT2D eigenvalue weighted by atomic mass is 9.78. The molecule has 1 aliphatic carbocycles. The van der Waals surface area contributed by atoms with Gasteiger partial charge in [-0.05, 0) is 45.4 Å². The highest BCUT2D eigenvalue weighted by atomic mass is 16.5. The molecule has 1 saturated carbocycles. The Morgan fingerprint density at radius 1 is 1.29 bits per heavy atom. The van der Waals surface area contributed by atoms with Crippen molar-refractivity contribution < 1.29 is 4.74 Å². The normalized spacial score (nSPS) is 29.9. The summed E-state index contributed by atoms with van der Waals surface area (Å²) in [5.74, 6) is 0.871. The Morgan fingerprint density at radius 3 is 2.53 bits per heavy atom. The summed E-state index contributed by atoms with van der Waals surface area (Å²) in [4.78, 5) is 0. The van der Waals surface area contributed by atoms with Gasteiger partial charge in [-0.3, -0.25) is 0 Å². The fourth-order valence-electron chi connectivity index (χ4n) is 2.65. The maximum atomic E-state index is 9.22. The van der Waals surface area contributed by atoms with E-state index < -0.39 is 0 Å². The topological polar surface area (TPSA) is 33.0 Å². The smallest absolute Gasteiger partial charge is 0.0743 e. The van der Waals surface area contributed by atoms with Crippen LogP contribution in [0.5, 0.6) is 0 Å². The standard InChI is InChI=1S/C15H27NO/c1-5-7-12-8-9-13(11-16)14(10-12)17-15(3,4)6-2/h12-14H,5-10H2,1-4H3. The molecule has 1 rings (SSSR count). The second-order valence-corrected chi connectivity index (χ2v) is 5.97. The third-order valence-electron chi connectivity index (χ3n) is 4.08. The van der Waals surface area contributed by atoms with E-state index in [1.54, 1.807) is 0 Å². The first-order chi connectivity index (χ1) is 8.02. The highest BCUT2D eigenvalue weighted by Gasteiger charge is 2.34. The Labute approximate surface area is 106 Å². The van der Waals surface area contributed by atoms with Crippen LogP contribution in [0.2, 0.25) is 0 Å². The number of hydrogen-bond donors (Lipinski definition) is 0. The molecule has 2 nitrogen and oxygen atoms in total. The van der Waals surface area contributed by atoms with Gasteiger partial charge in [0, 0.05) is 0 Å². The molecule has 0 spiro atoms. The van der Waals surface area contributed by atoms with Gasteiger partial charge in [0.2, 0.25) is 0 Å². The van der Waals surface area contributed by atoms with Gasteiger partial charge >= 0.3 is 0 Å². The van der Waals surface area contributed by atoms with Crippen molar-refractivity contribution in [1.29, 1.82) is 5.26 Å². The van der Waals surface area contributed by atoms with E-state index >= 15 is 0 Å². The summed E-state index contributed by atoms with van der Waals surface area (Å²) in [6.07, 6.45) is 6.98. The Morgan fingerprint density at radius 2 is 2.00 bits per heavy atom. The first kappa shape index (κ1) is 14.5. The Bertz CT molecular complexity index is 267. The van der Waals surface area contributed by atoms with Gasteiger partial charge in [-0.25, -0.2) is 0 Å². The molecule has 0 aliphatic heterocycles. The van der Waals surface area contributed by atoms with Crippen LogP contribution in [0.3, 0.4) is 0 Å².